The number of esters is 1. The summed E-state index contributed by atoms with van der Waals surface area (Å²) >= 11 is 2.06. The number of hydrogen-bond acceptors (Lipinski definition) is 5. The van der Waals surface area contributed by atoms with Crippen molar-refractivity contribution in [1.29, 1.82) is 0 Å². The summed E-state index contributed by atoms with van der Waals surface area (Å²) in [4.78, 5) is 34.3. The fraction of sp³-hybridized carbons (Fsp3) is 0.125. The first-order chi connectivity index (χ1) is 11.4. The lowest BCUT2D eigenvalue weighted by molar-refractivity contribution is -0.385. The van der Waals surface area contributed by atoms with Gasteiger partial charge in [0.15, 0.2) is 6.61 Å². The van der Waals surface area contributed by atoms with Crippen molar-refractivity contribution in [2.24, 2.45) is 0 Å². The van der Waals surface area contributed by atoms with Crippen LogP contribution in [0.2, 0.25) is 0 Å². The maximum Gasteiger partial charge on any atom is 0.345 e. The molecule has 2 aromatic carbocycles. The molecule has 7 nitrogen and oxygen atoms in total. The van der Waals surface area contributed by atoms with Crippen LogP contribution in [-0.2, 0) is 9.53 Å². The molecule has 0 spiro atoms. The highest BCUT2D eigenvalue weighted by Crippen LogP contribution is 2.23. The highest BCUT2D eigenvalue weighted by atomic mass is 127. The van der Waals surface area contributed by atoms with Crippen LogP contribution in [0.1, 0.15) is 15.9 Å². The molecule has 24 heavy (non-hydrogen) atoms. The lowest BCUT2D eigenvalue weighted by Gasteiger charge is -2.09. The van der Waals surface area contributed by atoms with E-state index in [2.05, 4.69) is 27.9 Å². The number of benzene rings is 2. The Morgan fingerprint density at radius 1 is 1.21 bits per heavy atom. The van der Waals surface area contributed by atoms with Crippen molar-refractivity contribution >= 4 is 45.8 Å². The molecule has 8 heteroatoms. The minimum absolute atomic E-state index is 0.149. The lowest BCUT2D eigenvalue weighted by atomic mass is 10.1. The molecule has 2 aromatic rings. The summed E-state index contributed by atoms with van der Waals surface area (Å²) in [7, 11) is 0. The molecule has 0 atom stereocenters. The predicted molar refractivity (Wildman–Crippen MR) is 95.9 cm³/mol. The summed E-state index contributed by atoms with van der Waals surface area (Å²) in [5.41, 5.74) is 0.510. The van der Waals surface area contributed by atoms with Crippen LogP contribution in [0.3, 0.4) is 0 Å². The molecule has 0 fully saturated rings. The van der Waals surface area contributed by atoms with Crippen LogP contribution in [0.5, 0.6) is 0 Å². The Morgan fingerprint density at radius 2 is 1.92 bits per heavy atom. The second-order valence-electron chi connectivity index (χ2n) is 4.83. The highest BCUT2D eigenvalue weighted by Gasteiger charge is 2.24. The monoisotopic (exact) mass is 440 g/mol. The zero-order valence-corrected chi connectivity index (χ0v) is 14.8. The Labute approximate surface area is 151 Å². The minimum Gasteiger partial charge on any atom is -0.452 e. The van der Waals surface area contributed by atoms with E-state index >= 15 is 0 Å². The predicted octanol–water partition coefficient (Wildman–Crippen LogP) is 3.30. The van der Waals surface area contributed by atoms with Crippen molar-refractivity contribution in [3.8, 4) is 0 Å². The molecular formula is C16H13IN2O5. The number of nitrogens with zero attached hydrogens (tertiary/aromatic N) is 1. The number of carbonyl (C=O) groups excluding carboxylic acids is 2. The maximum atomic E-state index is 12.1. The number of nitro groups is 1. The highest BCUT2D eigenvalue weighted by molar-refractivity contribution is 14.1. The van der Waals surface area contributed by atoms with Crippen molar-refractivity contribution in [2.75, 3.05) is 11.9 Å². The number of rotatable bonds is 5. The van der Waals surface area contributed by atoms with Crippen LogP contribution in [0.25, 0.3) is 0 Å². The van der Waals surface area contributed by atoms with Gasteiger partial charge in [0.1, 0.15) is 5.56 Å². The van der Waals surface area contributed by atoms with Gasteiger partial charge in [0.25, 0.3) is 11.6 Å². The molecular weight excluding hydrogens is 427 g/mol. The standard InChI is InChI=1S/C16H13IN2O5/c1-10-5-4-8-13(19(22)23)15(10)16(21)24-9-14(20)18-12-7-3-2-6-11(12)17/h2-8H,9H2,1H3,(H,18,20). The summed E-state index contributed by atoms with van der Waals surface area (Å²) in [6, 6.07) is 11.4. The molecule has 0 heterocycles. The summed E-state index contributed by atoms with van der Waals surface area (Å²) in [6.07, 6.45) is 0. The molecule has 0 aliphatic carbocycles. The van der Waals surface area contributed by atoms with Gasteiger partial charge < -0.3 is 10.1 Å². The fourth-order valence-electron chi connectivity index (χ4n) is 2.02. The average Bonchev–Trinajstić information content (AvgIpc) is 2.54. The number of hydrogen-bond donors (Lipinski definition) is 1. The number of para-hydroxylation sites is 1. The molecule has 0 radical (unpaired) electrons. The summed E-state index contributed by atoms with van der Waals surface area (Å²) < 4.78 is 5.75. The van der Waals surface area contributed by atoms with Crippen LogP contribution < -0.4 is 5.32 Å². The van der Waals surface area contributed by atoms with Crippen LogP contribution in [-0.4, -0.2) is 23.4 Å². The first-order valence-electron chi connectivity index (χ1n) is 6.85. The second-order valence-corrected chi connectivity index (χ2v) is 5.99. The van der Waals surface area contributed by atoms with E-state index in [1.807, 2.05) is 12.1 Å². The Bertz CT molecular complexity index is 807. The van der Waals surface area contributed by atoms with Crippen molar-refractivity contribution < 1.29 is 19.2 Å². The van der Waals surface area contributed by atoms with E-state index in [4.69, 9.17) is 4.74 Å². The third-order valence-corrected chi connectivity index (χ3v) is 4.07. The minimum atomic E-state index is -0.905. The molecule has 0 bridgehead atoms. The molecule has 0 aliphatic rings. The fourth-order valence-corrected chi connectivity index (χ4v) is 2.54. The number of aryl methyl sites for hydroxylation is 1. The second kappa shape index (κ2) is 7.86. The molecule has 2 rings (SSSR count). The van der Waals surface area contributed by atoms with E-state index in [9.17, 15) is 19.7 Å². The zero-order valence-electron chi connectivity index (χ0n) is 12.6. The molecule has 0 saturated heterocycles. The van der Waals surface area contributed by atoms with Crippen molar-refractivity contribution in [2.45, 2.75) is 6.92 Å². The first-order valence-corrected chi connectivity index (χ1v) is 7.93. The van der Waals surface area contributed by atoms with E-state index in [-0.39, 0.29) is 11.3 Å². The van der Waals surface area contributed by atoms with Crippen molar-refractivity contribution in [3.05, 3.63) is 67.3 Å². The van der Waals surface area contributed by atoms with Gasteiger partial charge in [-0.3, -0.25) is 14.9 Å². The van der Waals surface area contributed by atoms with Gasteiger partial charge in [-0.15, -0.1) is 0 Å². The number of amides is 1. The van der Waals surface area contributed by atoms with Crippen LogP contribution in [0, 0.1) is 20.6 Å². The van der Waals surface area contributed by atoms with Gasteiger partial charge in [-0.25, -0.2) is 4.79 Å². The van der Waals surface area contributed by atoms with Gasteiger partial charge in [0, 0.05) is 9.64 Å². The average molecular weight is 440 g/mol. The summed E-state index contributed by atoms with van der Waals surface area (Å²) in [5.74, 6) is -1.43. The van der Waals surface area contributed by atoms with Gasteiger partial charge >= 0.3 is 5.97 Å². The molecule has 0 saturated carbocycles. The number of ether oxygens (including phenoxy) is 1. The lowest BCUT2D eigenvalue weighted by Crippen LogP contribution is -2.22. The van der Waals surface area contributed by atoms with Crippen LogP contribution >= 0.6 is 22.6 Å². The quantitative estimate of drug-likeness (QED) is 0.333. The molecule has 0 aliphatic heterocycles. The van der Waals surface area contributed by atoms with E-state index in [0.29, 0.717) is 11.3 Å². The van der Waals surface area contributed by atoms with Crippen molar-refractivity contribution in [3.63, 3.8) is 0 Å². The number of carbonyl (C=O) groups is 2. The number of halogens is 1. The summed E-state index contributed by atoms with van der Waals surface area (Å²) in [6.45, 7) is 1.03. The van der Waals surface area contributed by atoms with Gasteiger partial charge in [0.2, 0.25) is 0 Å². The van der Waals surface area contributed by atoms with E-state index in [1.165, 1.54) is 12.1 Å². The van der Waals surface area contributed by atoms with Gasteiger partial charge in [-0.2, -0.15) is 0 Å². The third kappa shape index (κ3) is 4.28. The van der Waals surface area contributed by atoms with E-state index < -0.39 is 23.4 Å². The Morgan fingerprint density at radius 3 is 2.58 bits per heavy atom. The van der Waals surface area contributed by atoms with Gasteiger partial charge in [0.05, 0.1) is 10.6 Å². The zero-order chi connectivity index (χ0) is 17.7. The van der Waals surface area contributed by atoms with E-state index in [0.717, 1.165) is 3.57 Å². The number of nitro benzene ring substituents is 1. The summed E-state index contributed by atoms with van der Waals surface area (Å²) in [5, 5.41) is 13.6. The first kappa shape index (κ1) is 17.9. The number of anilines is 1. The SMILES string of the molecule is Cc1cccc([N+](=O)[O-])c1C(=O)OCC(=O)Nc1ccccc1I. The Hall–Kier alpha value is -2.49. The van der Waals surface area contributed by atoms with Gasteiger partial charge in [-0.05, 0) is 47.2 Å². The van der Waals surface area contributed by atoms with Crippen LogP contribution in [0.15, 0.2) is 42.5 Å². The topological polar surface area (TPSA) is 98.5 Å². The smallest absolute Gasteiger partial charge is 0.345 e. The third-order valence-electron chi connectivity index (χ3n) is 3.13. The molecule has 0 unspecified atom stereocenters. The van der Waals surface area contributed by atoms with Gasteiger partial charge in [-0.1, -0.05) is 24.3 Å². The molecule has 1 amide bonds. The normalized spacial score (nSPS) is 10.1. The largest absolute Gasteiger partial charge is 0.452 e. The maximum absolute atomic E-state index is 12.1. The molecule has 124 valence electrons. The van der Waals surface area contributed by atoms with E-state index in [1.54, 1.807) is 25.1 Å². The molecule has 0 aromatic heterocycles. The van der Waals surface area contributed by atoms with Crippen LogP contribution in [0.4, 0.5) is 11.4 Å². The molecule has 1 N–H and O–H groups in total. The Balaban J connectivity index is 2.05. The number of nitrogens with one attached hydrogen (secondary N) is 1. The Kier molecular flexibility index (Phi) is 5.85. The van der Waals surface area contributed by atoms with Crippen molar-refractivity contribution in [1.82, 2.24) is 0 Å².